The Bertz CT molecular complexity index is 928. The van der Waals surface area contributed by atoms with Gasteiger partial charge in [-0.1, -0.05) is 37.5 Å². The Morgan fingerprint density at radius 2 is 1.65 bits per heavy atom. The highest BCUT2D eigenvalue weighted by atomic mass is 15.2. The molecule has 0 saturated heterocycles. The highest BCUT2D eigenvalue weighted by Gasteiger charge is 2.25. The molecule has 1 saturated carbocycles. The molecule has 4 rings (SSSR count). The van der Waals surface area contributed by atoms with Crippen molar-refractivity contribution in [3.05, 3.63) is 52.5 Å². The largest absolute Gasteiger partial charge is 0.339 e. The van der Waals surface area contributed by atoms with Gasteiger partial charge < -0.3 is 5.32 Å². The molecular weight excluding hydrogens is 320 g/mol. The first-order valence-electron chi connectivity index (χ1n) is 9.74. The molecular formula is C22H28N4. The number of aryl methyl sites for hydroxylation is 4. The standard InChI is InChI=1S/C22H28N4/c1-14-9-8-10-15(2)19(14)24-21-20(18-11-6-5-7-12-18)25-22-23-16(3)13-17(4)26(21)22/h8-10,13,18,24H,5-7,11-12H2,1-4H3. The maximum absolute atomic E-state index is 5.00. The van der Waals surface area contributed by atoms with Crippen molar-refractivity contribution in [3.63, 3.8) is 0 Å². The maximum Gasteiger partial charge on any atom is 0.236 e. The number of rotatable bonds is 3. The molecule has 0 unspecified atom stereocenters. The van der Waals surface area contributed by atoms with Crippen LogP contribution in [0.5, 0.6) is 0 Å². The lowest BCUT2D eigenvalue weighted by molar-refractivity contribution is 0.439. The molecule has 2 aromatic heterocycles. The van der Waals surface area contributed by atoms with Crippen molar-refractivity contribution in [3.8, 4) is 0 Å². The molecule has 1 aliphatic rings. The first kappa shape index (κ1) is 17.1. The zero-order valence-corrected chi connectivity index (χ0v) is 16.3. The van der Waals surface area contributed by atoms with Crippen LogP contribution >= 0.6 is 0 Å². The van der Waals surface area contributed by atoms with Crippen molar-refractivity contribution >= 4 is 17.3 Å². The van der Waals surface area contributed by atoms with Gasteiger partial charge in [0.2, 0.25) is 5.78 Å². The fourth-order valence-corrected chi connectivity index (χ4v) is 4.30. The van der Waals surface area contributed by atoms with Gasteiger partial charge >= 0.3 is 0 Å². The van der Waals surface area contributed by atoms with Gasteiger partial charge in [-0.15, -0.1) is 0 Å². The molecule has 0 amide bonds. The van der Waals surface area contributed by atoms with Crippen LogP contribution in [0, 0.1) is 27.7 Å². The normalized spacial score (nSPS) is 15.5. The van der Waals surface area contributed by atoms with Crippen LogP contribution in [-0.2, 0) is 0 Å². The first-order valence-corrected chi connectivity index (χ1v) is 9.74. The summed E-state index contributed by atoms with van der Waals surface area (Å²) >= 11 is 0. The third-order valence-corrected chi connectivity index (χ3v) is 5.65. The molecule has 1 aliphatic carbocycles. The molecule has 4 nitrogen and oxygen atoms in total. The summed E-state index contributed by atoms with van der Waals surface area (Å²) in [5.74, 6) is 2.45. The Kier molecular flexibility index (Phi) is 4.43. The van der Waals surface area contributed by atoms with E-state index in [1.54, 1.807) is 0 Å². The van der Waals surface area contributed by atoms with Crippen molar-refractivity contribution in [2.75, 3.05) is 5.32 Å². The summed E-state index contributed by atoms with van der Waals surface area (Å²) in [5, 5.41) is 3.75. The first-order chi connectivity index (χ1) is 12.5. The van der Waals surface area contributed by atoms with E-state index in [4.69, 9.17) is 9.97 Å². The van der Waals surface area contributed by atoms with E-state index in [1.807, 2.05) is 6.92 Å². The van der Waals surface area contributed by atoms with Crippen LogP contribution < -0.4 is 5.32 Å². The summed E-state index contributed by atoms with van der Waals surface area (Å²) in [7, 11) is 0. The van der Waals surface area contributed by atoms with Gasteiger partial charge in [-0.25, -0.2) is 9.97 Å². The number of fused-ring (bicyclic) bond motifs is 1. The smallest absolute Gasteiger partial charge is 0.236 e. The highest BCUT2D eigenvalue weighted by molar-refractivity contribution is 5.69. The molecule has 1 aromatic carbocycles. The number of benzene rings is 1. The van der Waals surface area contributed by atoms with Crippen molar-refractivity contribution in [2.24, 2.45) is 0 Å². The third kappa shape index (κ3) is 2.98. The van der Waals surface area contributed by atoms with Gasteiger partial charge in [0.05, 0.1) is 5.69 Å². The summed E-state index contributed by atoms with van der Waals surface area (Å²) in [6, 6.07) is 8.57. The minimum atomic E-state index is 0.525. The van der Waals surface area contributed by atoms with Gasteiger partial charge in [-0.05, 0) is 57.7 Å². The lowest BCUT2D eigenvalue weighted by Gasteiger charge is -2.22. The molecule has 136 valence electrons. The Morgan fingerprint density at radius 1 is 0.962 bits per heavy atom. The predicted octanol–water partition coefficient (Wildman–Crippen LogP) is 5.75. The van der Waals surface area contributed by atoms with Crippen molar-refractivity contribution < 1.29 is 0 Å². The number of hydrogen-bond acceptors (Lipinski definition) is 3. The predicted molar refractivity (Wildman–Crippen MR) is 107 cm³/mol. The van der Waals surface area contributed by atoms with Crippen LogP contribution in [0.1, 0.15) is 66.2 Å². The summed E-state index contributed by atoms with van der Waals surface area (Å²) in [5.41, 5.74) is 7.09. The average Bonchev–Trinajstić information content (AvgIpc) is 2.97. The van der Waals surface area contributed by atoms with Crippen molar-refractivity contribution in [1.29, 1.82) is 0 Å². The van der Waals surface area contributed by atoms with E-state index < -0.39 is 0 Å². The van der Waals surface area contributed by atoms with Crippen LogP contribution in [0.25, 0.3) is 5.78 Å². The molecule has 1 fully saturated rings. The summed E-state index contributed by atoms with van der Waals surface area (Å²) in [4.78, 5) is 9.71. The molecule has 0 spiro atoms. The monoisotopic (exact) mass is 348 g/mol. The number of nitrogens with zero attached hydrogens (tertiary/aromatic N) is 3. The van der Waals surface area contributed by atoms with Crippen LogP contribution in [0.2, 0.25) is 0 Å². The minimum absolute atomic E-state index is 0.525. The third-order valence-electron chi connectivity index (χ3n) is 5.65. The van der Waals surface area contributed by atoms with Crippen LogP contribution in [0.3, 0.4) is 0 Å². The molecule has 0 aliphatic heterocycles. The SMILES string of the molecule is Cc1cc(C)n2c(Nc3c(C)cccc3C)c(C3CCCCC3)nc2n1. The van der Waals surface area contributed by atoms with E-state index in [-0.39, 0.29) is 0 Å². The van der Waals surface area contributed by atoms with Gasteiger partial charge in [-0.3, -0.25) is 4.40 Å². The lowest BCUT2D eigenvalue weighted by atomic mass is 9.87. The number of imidazole rings is 1. The van der Waals surface area contributed by atoms with E-state index >= 15 is 0 Å². The Labute approximate surface area is 155 Å². The van der Waals surface area contributed by atoms with Gasteiger partial charge in [0.1, 0.15) is 5.82 Å². The maximum atomic E-state index is 5.00. The van der Waals surface area contributed by atoms with Crippen molar-refractivity contribution in [2.45, 2.75) is 65.7 Å². The van der Waals surface area contributed by atoms with Gasteiger partial charge in [-0.2, -0.15) is 0 Å². The highest BCUT2D eigenvalue weighted by Crippen LogP contribution is 2.38. The summed E-state index contributed by atoms with van der Waals surface area (Å²) in [6.07, 6.45) is 6.40. The molecule has 2 heterocycles. The molecule has 0 bridgehead atoms. The van der Waals surface area contributed by atoms with Gasteiger partial charge in [0, 0.05) is 23.0 Å². The second kappa shape index (κ2) is 6.75. The zero-order valence-electron chi connectivity index (χ0n) is 16.3. The number of anilines is 2. The van der Waals surface area contributed by atoms with Crippen molar-refractivity contribution in [1.82, 2.24) is 14.4 Å². The topological polar surface area (TPSA) is 42.2 Å². The van der Waals surface area contributed by atoms with E-state index in [0.717, 1.165) is 17.3 Å². The molecule has 0 atom stereocenters. The fourth-order valence-electron chi connectivity index (χ4n) is 4.30. The molecule has 26 heavy (non-hydrogen) atoms. The van der Waals surface area contributed by atoms with E-state index in [2.05, 4.69) is 54.8 Å². The molecule has 1 N–H and O–H groups in total. The van der Waals surface area contributed by atoms with Crippen LogP contribution in [0.4, 0.5) is 11.5 Å². The fraction of sp³-hybridized carbons (Fsp3) is 0.455. The quantitative estimate of drug-likeness (QED) is 0.655. The second-order valence-electron chi connectivity index (χ2n) is 7.75. The number of para-hydroxylation sites is 1. The molecule has 0 radical (unpaired) electrons. The molecule has 3 aromatic rings. The van der Waals surface area contributed by atoms with Crippen LogP contribution in [0.15, 0.2) is 24.3 Å². The summed E-state index contributed by atoms with van der Waals surface area (Å²) < 4.78 is 2.20. The summed E-state index contributed by atoms with van der Waals surface area (Å²) in [6.45, 7) is 8.51. The average molecular weight is 348 g/mol. The van der Waals surface area contributed by atoms with E-state index in [1.165, 1.54) is 60.3 Å². The minimum Gasteiger partial charge on any atom is -0.339 e. The van der Waals surface area contributed by atoms with E-state index in [0.29, 0.717) is 5.92 Å². The number of hydrogen-bond donors (Lipinski definition) is 1. The van der Waals surface area contributed by atoms with Gasteiger partial charge in [0.25, 0.3) is 0 Å². The zero-order chi connectivity index (χ0) is 18.3. The van der Waals surface area contributed by atoms with Gasteiger partial charge in [0.15, 0.2) is 0 Å². The van der Waals surface area contributed by atoms with Crippen LogP contribution in [-0.4, -0.2) is 14.4 Å². The van der Waals surface area contributed by atoms with E-state index in [9.17, 15) is 0 Å². The lowest BCUT2D eigenvalue weighted by Crippen LogP contribution is -2.09. The second-order valence-corrected chi connectivity index (χ2v) is 7.75. The Balaban J connectivity index is 1.90. The number of nitrogens with one attached hydrogen (secondary N) is 1. The number of aromatic nitrogens is 3. The Morgan fingerprint density at radius 3 is 2.35 bits per heavy atom. The Hall–Kier alpha value is -2.36. The molecule has 4 heteroatoms.